The van der Waals surface area contributed by atoms with E-state index in [1.807, 2.05) is 19.9 Å². The number of esters is 2. The van der Waals surface area contributed by atoms with E-state index >= 15 is 0 Å². The van der Waals surface area contributed by atoms with E-state index in [2.05, 4.69) is 24.7 Å². The number of carbonyl (C=O) groups is 2. The van der Waals surface area contributed by atoms with Gasteiger partial charge >= 0.3 is 11.9 Å². The summed E-state index contributed by atoms with van der Waals surface area (Å²) < 4.78 is 9.96. The number of hydrogen-bond acceptors (Lipinski definition) is 4. The maximum absolute atomic E-state index is 11.7. The number of methoxy groups -OCH3 is 1. The first-order valence-electron chi connectivity index (χ1n) is 6.35. The molecule has 0 radical (unpaired) electrons. The van der Waals surface area contributed by atoms with E-state index in [9.17, 15) is 9.59 Å². The molecule has 18 heavy (non-hydrogen) atoms. The first kappa shape index (κ1) is 14.7. The molecule has 1 saturated heterocycles. The van der Waals surface area contributed by atoms with Gasteiger partial charge in [0, 0.05) is 11.8 Å². The molecule has 4 atom stereocenters. The number of carbonyl (C=O) groups excluding carboxylic acids is 2. The highest BCUT2D eigenvalue weighted by molar-refractivity contribution is 5.96. The Hall–Kier alpha value is -1.32. The Morgan fingerprint density at radius 2 is 1.94 bits per heavy atom. The minimum Gasteiger partial charge on any atom is -0.468 e. The second-order valence-corrected chi connectivity index (χ2v) is 5.25. The Balaban J connectivity index is 2.76. The van der Waals surface area contributed by atoms with Crippen LogP contribution in [0.4, 0.5) is 0 Å². The topological polar surface area (TPSA) is 52.6 Å². The second kappa shape index (κ2) is 6.03. The molecule has 102 valence electrons. The van der Waals surface area contributed by atoms with Crippen LogP contribution in [0, 0.1) is 23.7 Å². The van der Waals surface area contributed by atoms with E-state index in [1.165, 1.54) is 7.11 Å². The number of hydrogen-bond donors (Lipinski definition) is 0. The van der Waals surface area contributed by atoms with E-state index in [1.54, 1.807) is 0 Å². The Bertz CT molecular complexity index is 346. The van der Waals surface area contributed by atoms with Gasteiger partial charge in [-0.05, 0) is 5.92 Å². The van der Waals surface area contributed by atoms with Crippen LogP contribution in [-0.4, -0.2) is 25.2 Å². The summed E-state index contributed by atoms with van der Waals surface area (Å²) in [6, 6.07) is 0. The van der Waals surface area contributed by atoms with Gasteiger partial charge in [-0.15, -0.1) is 0 Å². The van der Waals surface area contributed by atoms with Gasteiger partial charge in [0.25, 0.3) is 0 Å². The molecule has 1 heterocycles. The van der Waals surface area contributed by atoms with E-state index in [4.69, 9.17) is 4.74 Å². The number of ether oxygens (including phenoxy) is 2. The first-order valence-corrected chi connectivity index (χ1v) is 6.35. The normalized spacial score (nSPS) is 29.7. The molecular formula is C14H22O4. The molecule has 0 aromatic rings. The first-order chi connectivity index (χ1) is 8.38. The van der Waals surface area contributed by atoms with Crippen molar-refractivity contribution in [2.75, 3.05) is 7.11 Å². The Labute approximate surface area is 108 Å². The van der Waals surface area contributed by atoms with E-state index in [0.717, 1.165) is 0 Å². The van der Waals surface area contributed by atoms with Crippen LogP contribution in [0.15, 0.2) is 12.2 Å². The average molecular weight is 254 g/mol. The maximum Gasteiger partial charge on any atom is 0.321 e. The van der Waals surface area contributed by atoms with Gasteiger partial charge in [-0.3, -0.25) is 9.59 Å². The molecule has 1 rings (SSSR count). The molecule has 1 aliphatic heterocycles. The Kier molecular flexibility index (Phi) is 4.93. The van der Waals surface area contributed by atoms with Gasteiger partial charge in [-0.25, -0.2) is 0 Å². The predicted octanol–water partition coefficient (Wildman–Crippen LogP) is 2.19. The Morgan fingerprint density at radius 1 is 1.33 bits per heavy atom. The quantitative estimate of drug-likeness (QED) is 0.438. The number of cyclic esters (lactones) is 1. The lowest BCUT2D eigenvalue weighted by molar-refractivity contribution is -0.155. The summed E-state index contributed by atoms with van der Waals surface area (Å²) in [7, 11) is 1.29. The van der Waals surface area contributed by atoms with Crippen LogP contribution in [-0.2, 0) is 19.1 Å². The van der Waals surface area contributed by atoms with Crippen molar-refractivity contribution in [2.45, 2.75) is 33.8 Å². The molecule has 1 aliphatic rings. The molecule has 0 N–H and O–H groups in total. The third kappa shape index (κ3) is 3.12. The van der Waals surface area contributed by atoms with Crippen molar-refractivity contribution < 1.29 is 19.1 Å². The summed E-state index contributed by atoms with van der Waals surface area (Å²) in [6.07, 6.45) is 3.87. The second-order valence-electron chi connectivity index (χ2n) is 5.25. The van der Waals surface area contributed by atoms with Crippen molar-refractivity contribution in [3.8, 4) is 0 Å². The van der Waals surface area contributed by atoms with E-state index in [-0.39, 0.29) is 17.9 Å². The van der Waals surface area contributed by atoms with Crippen LogP contribution in [0.2, 0.25) is 0 Å². The molecule has 0 saturated carbocycles. The fraction of sp³-hybridized carbons (Fsp3) is 0.714. The maximum atomic E-state index is 11.7. The van der Waals surface area contributed by atoms with E-state index < -0.39 is 17.9 Å². The van der Waals surface area contributed by atoms with Crippen LogP contribution in [0.25, 0.3) is 0 Å². The molecule has 0 bridgehead atoms. The standard InChI is InChI=1S/C14H22O4/c1-8(2)6-7-9(3)12-10(4)11(13(15)17-5)14(16)18-12/h6-12H,1-5H3/b7-6+/t9-,10+,11-,12?/m0/s1. The van der Waals surface area contributed by atoms with Gasteiger partial charge < -0.3 is 9.47 Å². The lowest BCUT2D eigenvalue weighted by atomic mass is 9.86. The minimum atomic E-state index is -0.782. The van der Waals surface area contributed by atoms with E-state index in [0.29, 0.717) is 5.92 Å². The zero-order chi connectivity index (χ0) is 13.9. The molecule has 4 nitrogen and oxygen atoms in total. The zero-order valence-corrected chi connectivity index (χ0v) is 11.7. The largest absolute Gasteiger partial charge is 0.468 e. The summed E-state index contributed by atoms with van der Waals surface area (Å²) in [5.41, 5.74) is 0. The molecule has 0 aromatic carbocycles. The van der Waals surface area contributed by atoms with Gasteiger partial charge in [0.15, 0.2) is 5.92 Å². The van der Waals surface area contributed by atoms with Crippen molar-refractivity contribution in [1.82, 2.24) is 0 Å². The van der Waals surface area contributed by atoms with Crippen molar-refractivity contribution >= 4 is 11.9 Å². The van der Waals surface area contributed by atoms with Gasteiger partial charge in [0.05, 0.1) is 7.11 Å². The van der Waals surface area contributed by atoms with Crippen molar-refractivity contribution in [1.29, 1.82) is 0 Å². The molecular weight excluding hydrogens is 232 g/mol. The summed E-state index contributed by atoms with van der Waals surface area (Å²) in [5.74, 6) is -1.36. The lowest BCUT2D eigenvalue weighted by Gasteiger charge is -2.20. The molecule has 1 unspecified atom stereocenters. The highest BCUT2D eigenvalue weighted by atomic mass is 16.6. The molecule has 1 fully saturated rings. The van der Waals surface area contributed by atoms with Crippen LogP contribution in [0.1, 0.15) is 27.7 Å². The van der Waals surface area contributed by atoms with Gasteiger partial charge in [0.2, 0.25) is 0 Å². The van der Waals surface area contributed by atoms with Crippen LogP contribution in [0.3, 0.4) is 0 Å². The highest BCUT2D eigenvalue weighted by Gasteiger charge is 2.48. The smallest absolute Gasteiger partial charge is 0.321 e. The van der Waals surface area contributed by atoms with Gasteiger partial charge in [-0.1, -0.05) is 39.8 Å². The van der Waals surface area contributed by atoms with Crippen molar-refractivity contribution in [3.05, 3.63) is 12.2 Å². The highest BCUT2D eigenvalue weighted by Crippen LogP contribution is 2.33. The van der Waals surface area contributed by atoms with Crippen LogP contribution >= 0.6 is 0 Å². The predicted molar refractivity (Wildman–Crippen MR) is 67.7 cm³/mol. The fourth-order valence-corrected chi connectivity index (χ4v) is 2.25. The van der Waals surface area contributed by atoms with Crippen LogP contribution < -0.4 is 0 Å². The molecule has 0 aromatic heterocycles. The number of allylic oxidation sites excluding steroid dienone is 1. The SMILES string of the molecule is COC(=O)[C@H]1C(=O)OC([C@@H](C)/C=C/C(C)C)[C@@H]1C. The molecule has 0 spiro atoms. The molecule has 0 amide bonds. The summed E-state index contributed by atoms with van der Waals surface area (Å²) >= 11 is 0. The van der Waals surface area contributed by atoms with Crippen molar-refractivity contribution in [2.24, 2.45) is 23.7 Å². The van der Waals surface area contributed by atoms with Crippen molar-refractivity contribution in [3.63, 3.8) is 0 Å². The molecule has 4 heteroatoms. The Morgan fingerprint density at radius 3 is 2.44 bits per heavy atom. The van der Waals surface area contributed by atoms with Gasteiger partial charge in [0.1, 0.15) is 6.10 Å². The number of rotatable bonds is 4. The monoisotopic (exact) mass is 254 g/mol. The fourth-order valence-electron chi connectivity index (χ4n) is 2.25. The van der Waals surface area contributed by atoms with Gasteiger partial charge in [-0.2, -0.15) is 0 Å². The third-order valence-corrected chi connectivity index (χ3v) is 3.32. The summed E-state index contributed by atoms with van der Waals surface area (Å²) in [5, 5.41) is 0. The third-order valence-electron chi connectivity index (χ3n) is 3.32. The van der Waals surface area contributed by atoms with Crippen LogP contribution in [0.5, 0.6) is 0 Å². The lowest BCUT2D eigenvalue weighted by Crippen LogP contribution is -2.28. The zero-order valence-electron chi connectivity index (χ0n) is 11.7. The summed E-state index contributed by atoms with van der Waals surface area (Å²) in [6.45, 7) is 8.03. The molecule has 0 aliphatic carbocycles. The summed E-state index contributed by atoms with van der Waals surface area (Å²) in [4.78, 5) is 23.2. The average Bonchev–Trinajstić information content (AvgIpc) is 2.61. The minimum absolute atomic E-state index is 0.0982.